The number of nitrogens with zero attached hydrogens (tertiary/aromatic N) is 1. The minimum atomic E-state index is -0.501. The van der Waals surface area contributed by atoms with Crippen LogP contribution in [0.5, 0.6) is 11.5 Å². The maximum absolute atomic E-state index is 11.9. The molecule has 0 spiro atoms. The third kappa shape index (κ3) is 2.90. The molecule has 0 aliphatic heterocycles. The smallest absolute Gasteiger partial charge is 0.342 e. The van der Waals surface area contributed by atoms with Crippen LogP contribution in [0.1, 0.15) is 10.4 Å². The van der Waals surface area contributed by atoms with Crippen LogP contribution in [0.25, 0.3) is 4.85 Å². The van der Waals surface area contributed by atoms with Gasteiger partial charge in [0, 0.05) is 0 Å². The van der Waals surface area contributed by atoms with E-state index < -0.39 is 5.97 Å². The van der Waals surface area contributed by atoms with E-state index in [1.807, 2.05) is 0 Å². The summed E-state index contributed by atoms with van der Waals surface area (Å²) in [7, 11) is 1.55. The van der Waals surface area contributed by atoms with E-state index in [0.29, 0.717) is 17.0 Å². The molecule has 0 amide bonds. The van der Waals surface area contributed by atoms with Gasteiger partial charge in [-0.3, -0.25) is 0 Å². The van der Waals surface area contributed by atoms with Crippen LogP contribution >= 0.6 is 0 Å². The quantitative estimate of drug-likeness (QED) is 0.477. The monoisotopic (exact) mass is 253 g/mol. The Morgan fingerprint density at radius 2 is 1.79 bits per heavy atom. The van der Waals surface area contributed by atoms with Gasteiger partial charge in [-0.2, -0.15) is 0 Å². The van der Waals surface area contributed by atoms with E-state index >= 15 is 0 Å². The molecule has 0 aliphatic rings. The van der Waals surface area contributed by atoms with Crippen molar-refractivity contribution in [1.82, 2.24) is 0 Å². The summed E-state index contributed by atoms with van der Waals surface area (Å²) < 4.78 is 10.2. The van der Waals surface area contributed by atoms with Crippen molar-refractivity contribution in [3.63, 3.8) is 0 Å². The highest BCUT2D eigenvalue weighted by molar-refractivity contribution is 5.91. The van der Waals surface area contributed by atoms with Gasteiger partial charge in [0.2, 0.25) is 5.69 Å². The van der Waals surface area contributed by atoms with Gasteiger partial charge in [0.25, 0.3) is 0 Å². The molecule has 2 aromatic carbocycles. The topological polar surface area (TPSA) is 39.9 Å². The number of esters is 1. The number of hydrogen-bond acceptors (Lipinski definition) is 3. The minimum absolute atomic E-state index is 0.262. The Morgan fingerprint density at radius 3 is 2.42 bits per heavy atom. The molecular weight excluding hydrogens is 242 g/mol. The molecule has 0 bridgehead atoms. The minimum Gasteiger partial charge on any atom is -0.497 e. The molecule has 4 nitrogen and oxygen atoms in total. The van der Waals surface area contributed by atoms with Crippen LogP contribution in [-0.2, 0) is 0 Å². The van der Waals surface area contributed by atoms with Gasteiger partial charge < -0.3 is 9.47 Å². The van der Waals surface area contributed by atoms with Gasteiger partial charge in [0.15, 0.2) is 0 Å². The Bertz CT molecular complexity index is 627. The highest BCUT2D eigenvalue weighted by atomic mass is 16.5. The van der Waals surface area contributed by atoms with Gasteiger partial charge in [-0.1, -0.05) is 18.2 Å². The van der Waals surface area contributed by atoms with E-state index in [1.54, 1.807) is 55.6 Å². The lowest BCUT2D eigenvalue weighted by Crippen LogP contribution is -2.08. The fourth-order valence-corrected chi connectivity index (χ4v) is 1.52. The largest absolute Gasteiger partial charge is 0.497 e. The SMILES string of the molecule is [C-]#[N+]c1ccccc1OC(=O)c1ccc(OC)cc1. The summed E-state index contributed by atoms with van der Waals surface area (Å²) in [5, 5.41) is 0. The van der Waals surface area contributed by atoms with Crippen LogP contribution in [0.3, 0.4) is 0 Å². The molecule has 0 heterocycles. The molecule has 0 N–H and O–H groups in total. The summed E-state index contributed by atoms with van der Waals surface area (Å²) in [5.41, 5.74) is 0.713. The Morgan fingerprint density at radius 1 is 1.11 bits per heavy atom. The highest BCUT2D eigenvalue weighted by Crippen LogP contribution is 2.27. The average Bonchev–Trinajstić information content (AvgIpc) is 2.48. The lowest BCUT2D eigenvalue weighted by molar-refractivity contribution is 0.0736. The molecular formula is C15H11NO3. The number of ether oxygens (including phenoxy) is 2. The summed E-state index contributed by atoms with van der Waals surface area (Å²) in [6.45, 7) is 7.00. The summed E-state index contributed by atoms with van der Waals surface area (Å²) in [6, 6.07) is 13.2. The zero-order valence-corrected chi connectivity index (χ0v) is 10.3. The van der Waals surface area contributed by atoms with Crippen molar-refractivity contribution in [3.05, 3.63) is 65.5 Å². The van der Waals surface area contributed by atoms with E-state index in [0.717, 1.165) is 0 Å². The second-order valence-electron chi connectivity index (χ2n) is 3.70. The highest BCUT2D eigenvalue weighted by Gasteiger charge is 2.11. The summed E-state index contributed by atoms with van der Waals surface area (Å²) in [5.74, 6) is 0.426. The Balaban J connectivity index is 2.18. The second-order valence-corrected chi connectivity index (χ2v) is 3.70. The molecule has 0 aliphatic carbocycles. The number of rotatable bonds is 3. The maximum Gasteiger partial charge on any atom is 0.342 e. The molecule has 0 radical (unpaired) electrons. The van der Waals surface area contributed by atoms with Gasteiger partial charge in [0.05, 0.1) is 19.2 Å². The van der Waals surface area contributed by atoms with Crippen LogP contribution < -0.4 is 9.47 Å². The molecule has 0 atom stereocenters. The van der Waals surface area contributed by atoms with E-state index in [1.165, 1.54) is 0 Å². The van der Waals surface area contributed by atoms with Crippen molar-refractivity contribution in [2.45, 2.75) is 0 Å². The fourth-order valence-electron chi connectivity index (χ4n) is 1.52. The average molecular weight is 253 g/mol. The van der Waals surface area contributed by atoms with Crippen molar-refractivity contribution < 1.29 is 14.3 Å². The molecule has 0 aromatic heterocycles. The van der Waals surface area contributed by atoms with Gasteiger partial charge in [-0.15, -0.1) is 0 Å². The van der Waals surface area contributed by atoms with Crippen molar-refractivity contribution >= 4 is 11.7 Å². The third-order valence-corrected chi connectivity index (χ3v) is 2.51. The molecule has 0 saturated heterocycles. The van der Waals surface area contributed by atoms with Crippen molar-refractivity contribution in [2.75, 3.05) is 7.11 Å². The predicted octanol–water partition coefficient (Wildman–Crippen LogP) is 3.47. The fraction of sp³-hybridized carbons (Fsp3) is 0.0667. The summed E-state index contributed by atoms with van der Waals surface area (Å²) in [4.78, 5) is 15.2. The molecule has 0 fully saturated rings. The van der Waals surface area contributed by atoms with Crippen LogP contribution in [0.4, 0.5) is 5.69 Å². The summed E-state index contributed by atoms with van der Waals surface area (Å²) in [6.07, 6.45) is 0. The maximum atomic E-state index is 11.9. The normalized spacial score (nSPS) is 9.47. The Labute approximate surface area is 111 Å². The van der Waals surface area contributed by atoms with Crippen LogP contribution in [0, 0.1) is 6.57 Å². The van der Waals surface area contributed by atoms with Crippen molar-refractivity contribution in [1.29, 1.82) is 0 Å². The summed E-state index contributed by atoms with van der Waals surface area (Å²) >= 11 is 0. The Kier molecular flexibility index (Phi) is 3.79. The van der Waals surface area contributed by atoms with Gasteiger partial charge >= 0.3 is 5.97 Å². The standard InChI is InChI=1S/C15H11NO3/c1-16-13-5-3-4-6-14(13)19-15(17)11-7-9-12(18-2)10-8-11/h3-10H,2H3. The molecule has 19 heavy (non-hydrogen) atoms. The predicted molar refractivity (Wildman–Crippen MR) is 70.7 cm³/mol. The third-order valence-electron chi connectivity index (χ3n) is 2.51. The van der Waals surface area contributed by atoms with E-state index in [4.69, 9.17) is 16.0 Å². The first-order valence-electron chi connectivity index (χ1n) is 5.57. The van der Waals surface area contributed by atoms with Crippen LogP contribution in [-0.4, -0.2) is 13.1 Å². The van der Waals surface area contributed by atoms with Gasteiger partial charge in [-0.05, 0) is 30.3 Å². The van der Waals surface area contributed by atoms with E-state index in [9.17, 15) is 4.79 Å². The van der Waals surface area contributed by atoms with Crippen LogP contribution in [0.2, 0.25) is 0 Å². The van der Waals surface area contributed by atoms with Gasteiger partial charge in [-0.25, -0.2) is 9.64 Å². The number of benzene rings is 2. The zero-order chi connectivity index (χ0) is 13.7. The molecule has 0 saturated carbocycles. The number of carbonyl (C=O) groups excluding carboxylic acids is 1. The molecule has 2 aromatic rings. The molecule has 0 unspecified atom stereocenters. The van der Waals surface area contributed by atoms with E-state index in [2.05, 4.69) is 4.85 Å². The van der Waals surface area contributed by atoms with Crippen molar-refractivity contribution in [2.24, 2.45) is 0 Å². The first-order valence-corrected chi connectivity index (χ1v) is 5.57. The zero-order valence-electron chi connectivity index (χ0n) is 10.3. The van der Waals surface area contributed by atoms with E-state index in [-0.39, 0.29) is 5.75 Å². The molecule has 2 rings (SSSR count). The number of carbonyl (C=O) groups is 1. The molecule has 94 valence electrons. The number of methoxy groups -OCH3 is 1. The lowest BCUT2D eigenvalue weighted by atomic mass is 10.2. The van der Waals surface area contributed by atoms with Crippen LogP contribution in [0.15, 0.2) is 48.5 Å². The van der Waals surface area contributed by atoms with Crippen molar-refractivity contribution in [3.8, 4) is 11.5 Å². The molecule has 4 heteroatoms. The number of hydrogen-bond donors (Lipinski definition) is 0. The van der Waals surface area contributed by atoms with Gasteiger partial charge in [0.1, 0.15) is 11.5 Å². The Hall–Kier alpha value is -2.80. The first-order chi connectivity index (χ1) is 9.24. The lowest BCUT2D eigenvalue weighted by Gasteiger charge is -2.06. The number of para-hydroxylation sites is 2. The second kappa shape index (κ2) is 5.69. The first kappa shape index (κ1) is 12.7.